The molecule has 2 aromatic rings. The van der Waals surface area contributed by atoms with Gasteiger partial charge in [-0.3, -0.25) is 4.79 Å². The summed E-state index contributed by atoms with van der Waals surface area (Å²) in [6, 6.07) is 13.0. The lowest BCUT2D eigenvalue weighted by Gasteiger charge is -2.16. The number of nitrogens with zero attached hydrogens (tertiary/aromatic N) is 1. The van der Waals surface area contributed by atoms with Gasteiger partial charge in [-0.1, -0.05) is 31.7 Å². The highest BCUT2D eigenvalue weighted by atomic mass is 16.5. The molecular formula is C20H24N2O3. The van der Waals surface area contributed by atoms with Crippen LogP contribution in [-0.2, 0) is 4.79 Å². The maximum absolute atomic E-state index is 12.0. The zero-order valence-electron chi connectivity index (χ0n) is 14.3. The lowest BCUT2D eigenvalue weighted by atomic mass is 10.1. The number of benzene rings is 1. The van der Waals surface area contributed by atoms with Crippen LogP contribution >= 0.6 is 0 Å². The first kappa shape index (κ1) is 17.3. The molecule has 1 amide bonds. The Hall–Kier alpha value is -2.56. The number of pyridine rings is 1. The average Bonchev–Trinajstić information content (AvgIpc) is 2.91. The zero-order valence-corrected chi connectivity index (χ0v) is 14.3. The lowest BCUT2D eigenvalue weighted by Crippen LogP contribution is -2.37. The fourth-order valence-electron chi connectivity index (χ4n) is 2.97. The Morgan fingerprint density at radius 2 is 1.72 bits per heavy atom. The molecule has 1 N–H and O–H groups in total. The maximum Gasteiger partial charge on any atom is 0.258 e. The third kappa shape index (κ3) is 5.78. The first-order valence-electron chi connectivity index (χ1n) is 8.91. The van der Waals surface area contributed by atoms with Crippen molar-refractivity contribution in [2.45, 2.75) is 44.6 Å². The maximum atomic E-state index is 12.0. The molecule has 0 unspecified atom stereocenters. The molecule has 0 spiro atoms. The van der Waals surface area contributed by atoms with Crippen LogP contribution in [0.25, 0.3) is 0 Å². The van der Waals surface area contributed by atoms with Gasteiger partial charge < -0.3 is 14.8 Å². The van der Waals surface area contributed by atoms with Crippen molar-refractivity contribution in [3.63, 3.8) is 0 Å². The van der Waals surface area contributed by atoms with E-state index in [1.54, 1.807) is 36.5 Å². The first-order chi connectivity index (χ1) is 12.3. The topological polar surface area (TPSA) is 60.5 Å². The van der Waals surface area contributed by atoms with Crippen LogP contribution < -0.4 is 14.8 Å². The van der Waals surface area contributed by atoms with Gasteiger partial charge in [-0.2, -0.15) is 0 Å². The van der Waals surface area contributed by atoms with E-state index >= 15 is 0 Å². The second-order valence-corrected chi connectivity index (χ2v) is 6.29. The summed E-state index contributed by atoms with van der Waals surface area (Å²) < 4.78 is 11.2. The zero-order chi connectivity index (χ0) is 17.3. The predicted octanol–water partition coefficient (Wildman–Crippen LogP) is 4.09. The molecular weight excluding hydrogens is 316 g/mol. The van der Waals surface area contributed by atoms with Crippen LogP contribution in [0.3, 0.4) is 0 Å². The van der Waals surface area contributed by atoms with Gasteiger partial charge in [-0.05, 0) is 43.2 Å². The summed E-state index contributed by atoms with van der Waals surface area (Å²) in [5.74, 6) is 1.80. The molecule has 25 heavy (non-hydrogen) atoms. The van der Waals surface area contributed by atoms with Crippen molar-refractivity contribution in [3.05, 3.63) is 48.7 Å². The SMILES string of the molecule is O=C(COc1ccc(Oc2ccccn2)cc1)NC1CCCCCC1. The Labute approximate surface area is 148 Å². The van der Waals surface area contributed by atoms with Crippen LogP contribution in [-0.4, -0.2) is 23.5 Å². The molecule has 132 valence electrons. The largest absolute Gasteiger partial charge is 0.484 e. The minimum atomic E-state index is -0.0549. The van der Waals surface area contributed by atoms with E-state index in [4.69, 9.17) is 9.47 Å². The number of rotatable bonds is 6. The van der Waals surface area contributed by atoms with Crippen molar-refractivity contribution in [1.82, 2.24) is 10.3 Å². The predicted molar refractivity (Wildman–Crippen MR) is 95.9 cm³/mol. The Balaban J connectivity index is 1.44. The van der Waals surface area contributed by atoms with Crippen molar-refractivity contribution in [3.8, 4) is 17.4 Å². The third-order valence-corrected chi connectivity index (χ3v) is 4.27. The molecule has 5 heteroatoms. The third-order valence-electron chi connectivity index (χ3n) is 4.27. The quantitative estimate of drug-likeness (QED) is 0.805. The van der Waals surface area contributed by atoms with E-state index in [0.29, 0.717) is 23.4 Å². The fourth-order valence-corrected chi connectivity index (χ4v) is 2.97. The second kappa shape index (κ2) is 9.06. The molecule has 1 saturated carbocycles. The van der Waals surface area contributed by atoms with E-state index in [1.165, 1.54) is 25.7 Å². The minimum Gasteiger partial charge on any atom is -0.484 e. The standard InChI is InChI=1S/C20H24N2O3/c23-19(22-16-7-3-1-2-4-8-16)15-24-17-10-12-18(13-11-17)25-20-9-5-6-14-21-20/h5-6,9-14,16H,1-4,7-8,15H2,(H,22,23). The van der Waals surface area contributed by atoms with Crippen LogP contribution in [0.1, 0.15) is 38.5 Å². The molecule has 3 rings (SSSR count). The summed E-state index contributed by atoms with van der Waals surface area (Å²) in [5, 5.41) is 3.08. The van der Waals surface area contributed by atoms with Gasteiger partial charge in [0.2, 0.25) is 5.88 Å². The number of carbonyl (C=O) groups is 1. The molecule has 5 nitrogen and oxygen atoms in total. The summed E-state index contributed by atoms with van der Waals surface area (Å²) in [4.78, 5) is 16.1. The van der Waals surface area contributed by atoms with Crippen molar-refractivity contribution >= 4 is 5.91 Å². The number of nitrogens with one attached hydrogen (secondary N) is 1. The van der Waals surface area contributed by atoms with Crippen LogP contribution in [0.15, 0.2) is 48.7 Å². The van der Waals surface area contributed by atoms with Crippen LogP contribution in [0, 0.1) is 0 Å². The summed E-state index contributed by atoms with van der Waals surface area (Å²) >= 11 is 0. The van der Waals surface area contributed by atoms with Gasteiger partial charge in [0, 0.05) is 18.3 Å². The molecule has 0 saturated heterocycles. The highest BCUT2D eigenvalue weighted by Gasteiger charge is 2.14. The van der Waals surface area contributed by atoms with Gasteiger partial charge >= 0.3 is 0 Å². The summed E-state index contributed by atoms with van der Waals surface area (Å²) in [6.07, 6.45) is 8.77. The smallest absolute Gasteiger partial charge is 0.258 e. The molecule has 1 fully saturated rings. The number of aromatic nitrogens is 1. The Morgan fingerprint density at radius 1 is 1.00 bits per heavy atom. The molecule has 1 aliphatic carbocycles. The molecule has 0 aliphatic heterocycles. The Bertz CT molecular complexity index is 650. The number of carbonyl (C=O) groups excluding carboxylic acids is 1. The average molecular weight is 340 g/mol. The normalized spacial score (nSPS) is 15.2. The van der Waals surface area contributed by atoms with E-state index in [9.17, 15) is 4.79 Å². The number of hydrogen-bond acceptors (Lipinski definition) is 4. The number of ether oxygens (including phenoxy) is 2. The molecule has 1 aromatic carbocycles. The summed E-state index contributed by atoms with van der Waals surface area (Å²) in [5.41, 5.74) is 0. The molecule has 0 atom stereocenters. The number of hydrogen-bond donors (Lipinski definition) is 1. The summed E-state index contributed by atoms with van der Waals surface area (Å²) in [7, 11) is 0. The highest BCUT2D eigenvalue weighted by Crippen LogP contribution is 2.22. The molecule has 0 bridgehead atoms. The van der Waals surface area contributed by atoms with Crippen molar-refractivity contribution < 1.29 is 14.3 Å². The number of amides is 1. The van der Waals surface area contributed by atoms with Gasteiger partial charge in [0.1, 0.15) is 11.5 Å². The van der Waals surface area contributed by atoms with E-state index in [1.807, 2.05) is 12.1 Å². The Kier molecular flexibility index (Phi) is 6.26. The van der Waals surface area contributed by atoms with E-state index in [0.717, 1.165) is 12.8 Å². The fraction of sp³-hybridized carbons (Fsp3) is 0.400. The monoisotopic (exact) mass is 340 g/mol. The second-order valence-electron chi connectivity index (χ2n) is 6.29. The Morgan fingerprint density at radius 3 is 2.40 bits per heavy atom. The van der Waals surface area contributed by atoms with Gasteiger partial charge in [-0.15, -0.1) is 0 Å². The van der Waals surface area contributed by atoms with E-state index in [-0.39, 0.29) is 12.5 Å². The van der Waals surface area contributed by atoms with Crippen molar-refractivity contribution in [2.24, 2.45) is 0 Å². The first-order valence-corrected chi connectivity index (χ1v) is 8.91. The highest BCUT2D eigenvalue weighted by molar-refractivity contribution is 5.77. The lowest BCUT2D eigenvalue weighted by molar-refractivity contribution is -0.123. The molecule has 0 radical (unpaired) electrons. The van der Waals surface area contributed by atoms with Crippen LogP contribution in [0.4, 0.5) is 0 Å². The molecule has 1 aromatic heterocycles. The van der Waals surface area contributed by atoms with Crippen molar-refractivity contribution in [2.75, 3.05) is 6.61 Å². The molecule has 1 heterocycles. The summed E-state index contributed by atoms with van der Waals surface area (Å²) in [6.45, 7) is 0.0386. The van der Waals surface area contributed by atoms with E-state index in [2.05, 4.69) is 10.3 Å². The van der Waals surface area contributed by atoms with Gasteiger partial charge in [0.15, 0.2) is 6.61 Å². The van der Waals surface area contributed by atoms with Gasteiger partial charge in [-0.25, -0.2) is 4.98 Å². The van der Waals surface area contributed by atoms with E-state index < -0.39 is 0 Å². The van der Waals surface area contributed by atoms with Crippen molar-refractivity contribution in [1.29, 1.82) is 0 Å². The van der Waals surface area contributed by atoms with Crippen LogP contribution in [0.2, 0.25) is 0 Å². The van der Waals surface area contributed by atoms with Gasteiger partial charge in [0.05, 0.1) is 0 Å². The minimum absolute atomic E-state index is 0.0386. The molecule has 1 aliphatic rings. The van der Waals surface area contributed by atoms with Gasteiger partial charge in [0.25, 0.3) is 5.91 Å². The van der Waals surface area contributed by atoms with Crippen LogP contribution in [0.5, 0.6) is 17.4 Å².